The number of carbonyl (C=O) groups is 5. The topological polar surface area (TPSA) is 214 Å². The molecule has 3 unspecified atom stereocenters. The van der Waals surface area contributed by atoms with Gasteiger partial charge in [-0.05, 0) is 6.42 Å². The lowest BCUT2D eigenvalue weighted by atomic mass is 10.1. The van der Waals surface area contributed by atoms with Gasteiger partial charge in [-0.25, -0.2) is 4.79 Å². The van der Waals surface area contributed by atoms with E-state index in [0.717, 1.165) is 0 Å². The van der Waals surface area contributed by atoms with Gasteiger partial charge in [-0.15, -0.1) is 0 Å². The van der Waals surface area contributed by atoms with Crippen molar-refractivity contribution < 1.29 is 34.2 Å². The normalized spacial score (nSPS) is 13.8. The summed E-state index contributed by atoms with van der Waals surface area (Å²) in [7, 11) is 0. The molecule has 9 N–H and O–H groups in total. The van der Waals surface area contributed by atoms with Gasteiger partial charge in [0.2, 0.25) is 23.6 Å². The molecule has 0 aromatic heterocycles. The Balaban J connectivity index is 4.89. The van der Waals surface area contributed by atoms with Crippen molar-refractivity contribution in [1.82, 2.24) is 16.0 Å². The van der Waals surface area contributed by atoms with E-state index in [9.17, 15) is 24.0 Å². The van der Waals surface area contributed by atoms with Crippen LogP contribution >= 0.6 is 12.6 Å². The van der Waals surface area contributed by atoms with E-state index in [1.165, 1.54) is 0 Å². The number of primary amides is 1. The van der Waals surface area contributed by atoms with E-state index in [1.54, 1.807) is 0 Å². The summed E-state index contributed by atoms with van der Waals surface area (Å²) >= 11 is 3.91. The highest BCUT2D eigenvalue weighted by atomic mass is 32.1. The number of hydrogen-bond donors (Lipinski definition) is 8. The van der Waals surface area contributed by atoms with Gasteiger partial charge in [0.25, 0.3) is 0 Å². The summed E-state index contributed by atoms with van der Waals surface area (Å²) in [5, 5.41) is 24.7. The molecule has 0 saturated carbocycles. The number of aliphatic hydroxyl groups excluding tert-OH is 1. The first-order chi connectivity index (χ1) is 12.2. The maximum Gasteiger partial charge on any atom is 0.326 e. The lowest BCUT2D eigenvalue weighted by Crippen LogP contribution is -2.57. The zero-order chi connectivity index (χ0) is 20.3. The van der Waals surface area contributed by atoms with Gasteiger partial charge in [-0.2, -0.15) is 12.6 Å². The van der Waals surface area contributed by atoms with Crippen molar-refractivity contribution in [2.24, 2.45) is 11.5 Å². The summed E-state index contributed by atoms with van der Waals surface area (Å²) in [4.78, 5) is 57.2. The molecule has 0 saturated heterocycles. The number of rotatable bonds is 12. The first-order valence-corrected chi connectivity index (χ1v) is 8.12. The molecule has 26 heavy (non-hydrogen) atoms. The van der Waals surface area contributed by atoms with Gasteiger partial charge in [-0.3, -0.25) is 19.2 Å². The third-order valence-electron chi connectivity index (χ3n) is 3.13. The summed E-state index contributed by atoms with van der Waals surface area (Å²) in [6.45, 7) is -1.14. The van der Waals surface area contributed by atoms with Crippen LogP contribution in [-0.4, -0.2) is 76.8 Å². The molecule has 0 aromatic rings. The third kappa shape index (κ3) is 8.64. The van der Waals surface area contributed by atoms with Crippen LogP contribution in [0.5, 0.6) is 0 Å². The fourth-order valence-corrected chi connectivity index (χ4v) is 1.99. The second kappa shape index (κ2) is 12.1. The summed E-state index contributed by atoms with van der Waals surface area (Å²) in [6, 6.07) is -3.98. The minimum atomic E-state index is -1.39. The van der Waals surface area contributed by atoms with E-state index in [-0.39, 0.29) is 18.6 Å². The van der Waals surface area contributed by atoms with Crippen molar-refractivity contribution in [3.8, 4) is 0 Å². The van der Waals surface area contributed by atoms with E-state index in [4.69, 9.17) is 21.7 Å². The maximum absolute atomic E-state index is 12.1. The van der Waals surface area contributed by atoms with Crippen LogP contribution in [0, 0.1) is 0 Å². The van der Waals surface area contributed by atoms with Crippen LogP contribution < -0.4 is 27.4 Å². The Hall–Kier alpha value is -2.38. The summed E-state index contributed by atoms with van der Waals surface area (Å²) in [5.41, 5.74) is 10.0. The fraction of sp³-hybridized carbons (Fsp3) is 0.615. The van der Waals surface area contributed by atoms with Crippen LogP contribution in [0.3, 0.4) is 0 Å². The molecule has 0 aliphatic rings. The van der Waals surface area contributed by atoms with Crippen LogP contribution in [-0.2, 0) is 24.0 Å². The maximum atomic E-state index is 12.1. The lowest BCUT2D eigenvalue weighted by Gasteiger charge is -2.22. The predicted octanol–water partition coefficient (Wildman–Crippen LogP) is -4.33. The molecular weight excluding hydrogens is 370 g/mol. The van der Waals surface area contributed by atoms with Gasteiger partial charge >= 0.3 is 5.97 Å². The number of carboxylic acids is 1. The second-order valence-electron chi connectivity index (χ2n) is 5.15. The van der Waals surface area contributed by atoms with Crippen LogP contribution in [0.15, 0.2) is 0 Å². The molecule has 0 spiro atoms. The second-order valence-corrected chi connectivity index (χ2v) is 5.52. The van der Waals surface area contributed by atoms with Crippen molar-refractivity contribution in [2.45, 2.75) is 31.0 Å². The van der Waals surface area contributed by atoms with Gasteiger partial charge in [0, 0.05) is 12.2 Å². The molecule has 0 radical (unpaired) electrons. The monoisotopic (exact) mass is 393 g/mol. The Morgan fingerprint density at radius 1 is 0.962 bits per heavy atom. The third-order valence-corrected chi connectivity index (χ3v) is 3.49. The Kier molecular flexibility index (Phi) is 10.9. The van der Waals surface area contributed by atoms with Crippen molar-refractivity contribution in [3.63, 3.8) is 0 Å². The number of aliphatic carboxylic acids is 1. The molecule has 0 aliphatic heterocycles. The zero-order valence-corrected chi connectivity index (χ0v) is 14.7. The molecule has 0 aliphatic carbocycles. The van der Waals surface area contributed by atoms with E-state index < -0.39 is 60.9 Å². The number of aliphatic hydroxyl groups is 1. The summed E-state index contributed by atoms with van der Waals surface area (Å²) in [6.07, 6.45) is -0.484. The molecule has 148 valence electrons. The SMILES string of the molecule is NCC(=O)NC(CO)C(=O)NC(CS)C(=O)NC(CCC(N)=O)C(=O)O. The van der Waals surface area contributed by atoms with E-state index >= 15 is 0 Å². The minimum Gasteiger partial charge on any atom is -0.480 e. The van der Waals surface area contributed by atoms with Gasteiger partial charge in [-0.1, -0.05) is 0 Å². The highest BCUT2D eigenvalue weighted by molar-refractivity contribution is 7.80. The fourth-order valence-electron chi connectivity index (χ4n) is 1.73. The number of amides is 4. The van der Waals surface area contributed by atoms with Gasteiger partial charge in [0.1, 0.15) is 18.1 Å². The number of carbonyl (C=O) groups excluding carboxylic acids is 4. The Morgan fingerprint density at radius 2 is 1.50 bits per heavy atom. The molecule has 13 heteroatoms. The smallest absolute Gasteiger partial charge is 0.326 e. The van der Waals surface area contributed by atoms with Gasteiger partial charge < -0.3 is 37.6 Å². The van der Waals surface area contributed by atoms with Crippen LogP contribution in [0.4, 0.5) is 0 Å². The Morgan fingerprint density at radius 3 is 1.92 bits per heavy atom. The molecule has 0 aromatic carbocycles. The van der Waals surface area contributed by atoms with Crippen molar-refractivity contribution in [1.29, 1.82) is 0 Å². The largest absolute Gasteiger partial charge is 0.480 e. The summed E-state index contributed by atoms with van der Waals surface area (Å²) < 4.78 is 0. The van der Waals surface area contributed by atoms with Crippen LogP contribution in [0.25, 0.3) is 0 Å². The highest BCUT2D eigenvalue weighted by Crippen LogP contribution is 2.00. The lowest BCUT2D eigenvalue weighted by molar-refractivity contribution is -0.142. The number of nitrogens with one attached hydrogen (secondary N) is 3. The molecule has 0 rings (SSSR count). The van der Waals surface area contributed by atoms with E-state index in [0.29, 0.717) is 0 Å². The quantitative estimate of drug-likeness (QED) is 0.151. The Labute approximate surface area is 154 Å². The molecule has 0 bridgehead atoms. The number of nitrogens with two attached hydrogens (primary N) is 2. The molecular formula is C13H23N5O7S. The highest BCUT2D eigenvalue weighted by Gasteiger charge is 2.28. The van der Waals surface area contributed by atoms with Crippen molar-refractivity contribution in [2.75, 3.05) is 18.9 Å². The Bertz CT molecular complexity index is 545. The van der Waals surface area contributed by atoms with Crippen molar-refractivity contribution in [3.05, 3.63) is 0 Å². The van der Waals surface area contributed by atoms with Crippen LogP contribution in [0.2, 0.25) is 0 Å². The predicted molar refractivity (Wildman–Crippen MR) is 91.8 cm³/mol. The molecule has 12 nitrogen and oxygen atoms in total. The van der Waals surface area contributed by atoms with Crippen molar-refractivity contribution >= 4 is 42.2 Å². The number of carboxylic acid groups (broad SMARTS) is 1. The molecule has 0 heterocycles. The zero-order valence-electron chi connectivity index (χ0n) is 13.8. The van der Waals surface area contributed by atoms with E-state index in [2.05, 4.69) is 28.6 Å². The van der Waals surface area contributed by atoms with Gasteiger partial charge in [0.15, 0.2) is 0 Å². The number of thiol groups is 1. The summed E-state index contributed by atoms with van der Waals surface area (Å²) in [5.74, 6) is -4.75. The minimum absolute atomic E-state index is 0.192. The molecule has 3 atom stereocenters. The first-order valence-electron chi connectivity index (χ1n) is 7.49. The standard InChI is InChI=1S/C13H23N5O7S/c14-3-10(21)16-7(4-19)11(22)18-8(5-26)12(23)17-6(13(24)25)1-2-9(15)20/h6-8,19,26H,1-5,14H2,(H2,15,20)(H,16,21)(H,17,23)(H,18,22)(H,24,25). The number of hydrogen-bond acceptors (Lipinski definition) is 8. The average Bonchev–Trinajstić information content (AvgIpc) is 2.59. The molecule has 4 amide bonds. The van der Waals surface area contributed by atoms with Crippen LogP contribution in [0.1, 0.15) is 12.8 Å². The first kappa shape index (κ1) is 23.6. The van der Waals surface area contributed by atoms with E-state index in [1.807, 2.05) is 0 Å². The molecule has 0 fully saturated rings. The van der Waals surface area contributed by atoms with Gasteiger partial charge in [0.05, 0.1) is 13.2 Å². The average molecular weight is 393 g/mol.